The van der Waals surface area contributed by atoms with Gasteiger partial charge >= 0.3 is 6.18 Å². The first-order valence-corrected chi connectivity index (χ1v) is 11.6. The molecule has 2 aliphatic rings. The molecule has 188 valence electrons. The molecule has 0 unspecified atom stereocenters. The molecule has 0 radical (unpaired) electrons. The van der Waals surface area contributed by atoms with Crippen molar-refractivity contribution in [3.05, 3.63) is 53.1 Å². The lowest BCUT2D eigenvalue weighted by Gasteiger charge is -2.35. The molecule has 1 aliphatic carbocycles. The second-order valence-electron chi connectivity index (χ2n) is 8.65. The smallest absolute Gasteiger partial charge is 0.355 e. The number of rotatable bonds is 3. The summed E-state index contributed by atoms with van der Waals surface area (Å²) in [7, 11) is 1.36. The van der Waals surface area contributed by atoms with Gasteiger partial charge in [0.05, 0.1) is 23.0 Å². The van der Waals surface area contributed by atoms with Crippen LogP contribution in [-0.2, 0) is 11.0 Å². The number of pyridine rings is 1. The number of amides is 2. The normalized spacial score (nSPS) is 17.8. The molecule has 7 nitrogen and oxygen atoms in total. The minimum Gasteiger partial charge on any atom is -0.355 e. The number of hydrogen-bond donors (Lipinski definition) is 1. The van der Waals surface area contributed by atoms with E-state index in [2.05, 4.69) is 10.3 Å². The molecule has 1 aliphatic heterocycles. The first kappa shape index (κ1) is 25.5. The molecular weight excluding hydrogens is 498 g/mol. The highest BCUT2D eigenvalue weighted by Crippen LogP contribution is 2.45. The molecule has 1 spiro atoms. The lowest BCUT2D eigenvalue weighted by molar-refractivity contribution is -0.138. The van der Waals surface area contributed by atoms with Gasteiger partial charge in [0.25, 0.3) is 11.8 Å². The van der Waals surface area contributed by atoms with E-state index >= 15 is 0 Å². The fourth-order valence-corrected chi connectivity index (χ4v) is 5.32. The number of nitrogens with zero attached hydrogens (tertiary/aromatic N) is 4. The molecule has 1 aromatic heterocycles. The number of halogens is 4. The van der Waals surface area contributed by atoms with Crippen LogP contribution in [0.5, 0.6) is 0 Å². The maximum Gasteiger partial charge on any atom is 0.419 e. The van der Waals surface area contributed by atoms with Crippen LogP contribution < -0.4 is 15.1 Å². The molecule has 36 heavy (non-hydrogen) atoms. The van der Waals surface area contributed by atoms with E-state index in [0.717, 1.165) is 30.0 Å². The molecule has 2 aromatic rings. The van der Waals surface area contributed by atoms with Gasteiger partial charge in [-0.2, -0.15) is 18.4 Å². The number of thiocarbonyl (C=S) groups is 1. The summed E-state index contributed by atoms with van der Waals surface area (Å²) >= 11 is 5.60. The minimum atomic E-state index is -4.88. The van der Waals surface area contributed by atoms with Crippen LogP contribution in [0, 0.1) is 17.1 Å². The second-order valence-corrected chi connectivity index (χ2v) is 9.01. The predicted octanol–water partition coefficient (Wildman–Crippen LogP) is 4.70. The van der Waals surface area contributed by atoms with Crippen LogP contribution >= 0.6 is 12.2 Å². The lowest BCUT2D eigenvalue weighted by Crippen LogP contribution is -2.49. The van der Waals surface area contributed by atoms with E-state index in [1.54, 1.807) is 0 Å². The standard InChI is InChI=1S/C24H21F4N5O2S/c1-30-20(34)16-7-6-14(11-18(16)25)33-22(36)32(21(35)23(33)8-4-2-3-5-9-23)15-10-17(24(26,27)28)19(12-29)31-13-15/h6-7,10-11,13H,2-5,8-9H2,1H3,(H,30,34). The van der Waals surface area contributed by atoms with Crippen molar-refractivity contribution < 1.29 is 27.2 Å². The van der Waals surface area contributed by atoms with Crippen molar-refractivity contribution in [1.29, 1.82) is 5.26 Å². The third kappa shape index (κ3) is 4.17. The van der Waals surface area contributed by atoms with Crippen molar-refractivity contribution >= 4 is 40.5 Å². The van der Waals surface area contributed by atoms with Gasteiger partial charge in [-0.1, -0.05) is 25.7 Å². The van der Waals surface area contributed by atoms with Crippen LogP contribution in [0.3, 0.4) is 0 Å². The number of alkyl halides is 3. The van der Waals surface area contributed by atoms with Crippen LogP contribution in [0.4, 0.5) is 28.9 Å². The highest BCUT2D eigenvalue weighted by atomic mass is 32.1. The van der Waals surface area contributed by atoms with Crippen molar-refractivity contribution in [2.24, 2.45) is 0 Å². The van der Waals surface area contributed by atoms with Crippen molar-refractivity contribution in [3.8, 4) is 6.07 Å². The summed E-state index contributed by atoms with van der Waals surface area (Å²) < 4.78 is 55.7. The van der Waals surface area contributed by atoms with Gasteiger partial charge in [-0.3, -0.25) is 14.5 Å². The Hall–Kier alpha value is -3.59. The summed E-state index contributed by atoms with van der Waals surface area (Å²) in [4.78, 5) is 32.0. The number of anilines is 2. The van der Waals surface area contributed by atoms with E-state index in [0.29, 0.717) is 31.7 Å². The summed E-state index contributed by atoms with van der Waals surface area (Å²) in [6.07, 6.45) is -0.118. The van der Waals surface area contributed by atoms with Crippen LogP contribution in [0.2, 0.25) is 0 Å². The zero-order chi connectivity index (χ0) is 26.3. The SMILES string of the molecule is CNC(=O)c1ccc(N2C(=S)N(c3cnc(C#N)c(C(F)(F)F)c3)C(=O)C23CCCCCC3)cc1F. The van der Waals surface area contributed by atoms with E-state index in [1.165, 1.54) is 30.1 Å². The summed E-state index contributed by atoms with van der Waals surface area (Å²) in [6.45, 7) is 0. The van der Waals surface area contributed by atoms with Crippen molar-refractivity contribution in [3.63, 3.8) is 0 Å². The summed E-state index contributed by atoms with van der Waals surface area (Å²) in [5.74, 6) is -2.00. The Morgan fingerprint density at radius 2 is 1.83 bits per heavy atom. The number of carbonyl (C=O) groups excluding carboxylic acids is 2. The molecular formula is C24H21F4N5O2S. The molecule has 2 amide bonds. The molecule has 2 heterocycles. The third-order valence-electron chi connectivity index (χ3n) is 6.57. The van der Waals surface area contributed by atoms with E-state index < -0.39 is 40.6 Å². The average Bonchev–Trinajstić information content (AvgIpc) is 2.99. The van der Waals surface area contributed by atoms with Gasteiger partial charge in [0.1, 0.15) is 17.4 Å². The van der Waals surface area contributed by atoms with E-state index in [4.69, 9.17) is 17.5 Å². The maximum atomic E-state index is 14.9. The summed E-state index contributed by atoms with van der Waals surface area (Å²) in [5.41, 5.74) is -3.56. The second kappa shape index (κ2) is 9.46. The van der Waals surface area contributed by atoms with Gasteiger partial charge in [0.2, 0.25) is 0 Å². The number of aromatic nitrogens is 1. The van der Waals surface area contributed by atoms with Crippen molar-refractivity contribution in [1.82, 2.24) is 10.3 Å². The topological polar surface area (TPSA) is 89.3 Å². The Labute approximate surface area is 209 Å². The summed E-state index contributed by atoms with van der Waals surface area (Å²) in [6, 6.07) is 5.92. The quantitative estimate of drug-likeness (QED) is 0.467. The predicted molar refractivity (Wildman–Crippen MR) is 127 cm³/mol. The first-order valence-electron chi connectivity index (χ1n) is 11.2. The highest BCUT2D eigenvalue weighted by molar-refractivity contribution is 7.81. The van der Waals surface area contributed by atoms with Crippen LogP contribution in [0.1, 0.15) is 60.1 Å². The van der Waals surface area contributed by atoms with Crippen LogP contribution in [0.15, 0.2) is 30.5 Å². The Morgan fingerprint density at radius 1 is 1.17 bits per heavy atom. The zero-order valence-corrected chi connectivity index (χ0v) is 20.0. The van der Waals surface area contributed by atoms with Crippen LogP contribution in [0.25, 0.3) is 0 Å². The Balaban J connectivity index is 1.86. The third-order valence-corrected chi connectivity index (χ3v) is 6.93. The molecule has 4 rings (SSSR count). The molecule has 1 saturated carbocycles. The Morgan fingerprint density at radius 3 is 2.39 bits per heavy atom. The fourth-order valence-electron chi connectivity index (χ4n) is 4.85. The summed E-state index contributed by atoms with van der Waals surface area (Å²) in [5, 5.41) is 11.3. The van der Waals surface area contributed by atoms with E-state index in [9.17, 15) is 27.2 Å². The number of hydrogen-bond acceptors (Lipinski definition) is 5. The molecule has 1 aromatic carbocycles. The molecule has 2 fully saturated rings. The van der Waals surface area contributed by atoms with Crippen molar-refractivity contribution in [2.75, 3.05) is 16.8 Å². The molecule has 0 atom stereocenters. The number of nitrogens with one attached hydrogen (secondary N) is 1. The molecule has 1 N–H and O–H groups in total. The highest BCUT2D eigenvalue weighted by Gasteiger charge is 2.56. The number of benzene rings is 1. The molecule has 0 bridgehead atoms. The van der Waals surface area contributed by atoms with E-state index in [-0.39, 0.29) is 22.1 Å². The Bertz CT molecular complexity index is 1280. The van der Waals surface area contributed by atoms with Crippen molar-refractivity contribution in [2.45, 2.75) is 50.2 Å². The number of nitriles is 1. The molecule has 1 saturated heterocycles. The lowest BCUT2D eigenvalue weighted by atomic mass is 9.88. The van der Waals surface area contributed by atoms with Crippen LogP contribution in [-0.4, -0.2) is 34.5 Å². The van der Waals surface area contributed by atoms with Gasteiger partial charge in [0.15, 0.2) is 10.8 Å². The molecule has 12 heteroatoms. The maximum absolute atomic E-state index is 14.9. The fraction of sp³-hybridized carbons (Fsp3) is 0.375. The van der Waals surface area contributed by atoms with Gasteiger partial charge in [0, 0.05) is 12.7 Å². The average molecular weight is 520 g/mol. The Kier molecular flexibility index (Phi) is 6.70. The monoisotopic (exact) mass is 519 g/mol. The van der Waals surface area contributed by atoms with Gasteiger partial charge < -0.3 is 10.2 Å². The van der Waals surface area contributed by atoms with E-state index in [1.807, 2.05) is 0 Å². The zero-order valence-electron chi connectivity index (χ0n) is 19.2. The number of carbonyl (C=O) groups is 2. The van der Waals surface area contributed by atoms with Gasteiger partial charge in [-0.25, -0.2) is 9.37 Å². The largest absolute Gasteiger partial charge is 0.419 e. The first-order chi connectivity index (χ1) is 17.0. The van der Waals surface area contributed by atoms with Gasteiger partial charge in [-0.05, 0) is 49.3 Å². The minimum absolute atomic E-state index is 0.131. The van der Waals surface area contributed by atoms with Gasteiger partial charge in [-0.15, -0.1) is 0 Å².